The first-order chi connectivity index (χ1) is 12.0. The van der Waals surface area contributed by atoms with Crippen molar-refractivity contribution in [2.75, 3.05) is 0 Å². The summed E-state index contributed by atoms with van der Waals surface area (Å²) in [6.45, 7) is 5.76. The van der Waals surface area contributed by atoms with Gasteiger partial charge in [-0.05, 0) is 20.8 Å². The molecule has 0 aliphatic carbocycles. The molecule has 25 heavy (non-hydrogen) atoms. The van der Waals surface area contributed by atoms with Gasteiger partial charge in [0.05, 0.1) is 16.4 Å². The number of rotatable bonds is 4. The van der Waals surface area contributed by atoms with Crippen LogP contribution in [0.2, 0.25) is 0 Å². The largest absolute Gasteiger partial charge is 0.410 e. The quantitative estimate of drug-likeness (QED) is 0.492. The number of thioether (sulfide) groups is 1. The molecule has 0 unspecified atom stereocenters. The van der Waals surface area contributed by atoms with Crippen LogP contribution < -0.4 is 5.56 Å². The van der Waals surface area contributed by atoms with Crippen molar-refractivity contribution < 1.29 is 4.42 Å². The van der Waals surface area contributed by atoms with E-state index in [1.54, 1.807) is 10.5 Å². The lowest BCUT2D eigenvalue weighted by atomic mass is 10.4. The Hall–Kier alpha value is -2.04. The van der Waals surface area contributed by atoms with Crippen molar-refractivity contribution in [3.05, 3.63) is 43.9 Å². The number of hydrogen-bond acceptors (Lipinski definition) is 9. The smallest absolute Gasteiger partial charge is 0.277 e. The third kappa shape index (κ3) is 3.12. The van der Waals surface area contributed by atoms with Crippen molar-refractivity contribution in [3.63, 3.8) is 0 Å². The maximum atomic E-state index is 12.2. The second kappa shape index (κ2) is 6.36. The van der Waals surface area contributed by atoms with Crippen LogP contribution in [-0.4, -0.2) is 24.6 Å². The van der Waals surface area contributed by atoms with E-state index in [1.807, 2.05) is 26.2 Å². The summed E-state index contributed by atoms with van der Waals surface area (Å²) in [5.41, 5.74) is 2.41. The minimum Gasteiger partial charge on any atom is -0.410 e. The molecule has 0 atom stereocenters. The molecule has 4 aromatic rings. The van der Waals surface area contributed by atoms with Crippen LogP contribution in [0.4, 0.5) is 0 Å². The molecule has 0 spiro atoms. The summed E-state index contributed by atoms with van der Waals surface area (Å²) in [7, 11) is 0. The molecule has 0 N–H and O–H groups in total. The second-order valence-corrected chi connectivity index (χ2v) is 8.36. The third-order valence-corrected chi connectivity index (χ3v) is 6.33. The van der Waals surface area contributed by atoms with Gasteiger partial charge < -0.3 is 4.42 Å². The second-order valence-electron chi connectivity index (χ2n) is 5.39. The Balaban J connectivity index is 1.54. The van der Waals surface area contributed by atoms with Gasteiger partial charge in [0.25, 0.3) is 16.7 Å². The van der Waals surface area contributed by atoms with E-state index in [2.05, 4.69) is 20.2 Å². The van der Waals surface area contributed by atoms with Gasteiger partial charge in [-0.3, -0.25) is 9.20 Å². The van der Waals surface area contributed by atoms with Gasteiger partial charge in [0.2, 0.25) is 0 Å². The average molecular weight is 392 g/mol. The highest BCUT2D eigenvalue weighted by Gasteiger charge is 2.15. The number of thiazole rings is 2. The lowest BCUT2D eigenvalue weighted by Gasteiger charge is -1.99. The van der Waals surface area contributed by atoms with Crippen LogP contribution in [0.25, 0.3) is 15.7 Å². The molecule has 0 saturated heterocycles. The third-order valence-electron chi connectivity index (χ3n) is 3.48. The van der Waals surface area contributed by atoms with Gasteiger partial charge in [0, 0.05) is 22.9 Å². The molecule has 0 amide bonds. The predicted octanol–water partition coefficient (Wildman–Crippen LogP) is 3.48. The molecule has 0 radical (unpaired) electrons. The molecule has 0 aliphatic heterocycles. The van der Waals surface area contributed by atoms with Crippen LogP contribution in [0, 0.1) is 20.8 Å². The molecule has 0 saturated carbocycles. The average Bonchev–Trinajstić information content (AvgIpc) is 3.25. The van der Waals surface area contributed by atoms with Crippen molar-refractivity contribution in [1.82, 2.24) is 24.6 Å². The van der Waals surface area contributed by atoms with E-state index < -0.39 is 0 Å². The van der Waals surface area contributed by atoms with Gasteiger partial charge in [0.15, 0.2) is 4.96 Å². The summed E-state index contributed by atoms with van der Waals surface area (Å²) >= 11 is 4.35. The zero-order valence-electron chi connectivity index (χ0n) is 13.6. The van der Waals surface area contributed by atoms with Crippen LogP contribution in [0.15, 0.2) is 25.9 Å². The summed E-state index contributed by atoms with van der Waals surface area (Å²) in [5.74, 6) is 0.966. The Kier molecular flexibility index (Phi) is 4.18. The standard InChI is InChI=1S/C15H13N5O2S3/c1-7-5-23-14-17-10(4-11(21)20(7)14)6-24-15-19-18-13(22-15)12-8(2)16-9(3)25-12/h4-5H,6H2,1-3H3. The van der Waals surface area contributed by atoms with E-state index in [-0.39, 0.29) is 5.56 Å². The highest BCUT2D eigenvalue weighted by Crippen LogP contribution is 2.31. The molecule has 128 valence electrons. The first-order valence-electron chi connectivity index (χ1n) is 7.39. The maximum absolute atomic E-state index is 12.2. The molecular formula is C15H13N5O2S3. The summed E-state index contributed by atoms with van der Waals surface area (Å²) in [6.07, 6.45) is 0. The number of aryl methyl sites for hydroxylation is 3. The van der Waals surface area contributed by atoms with Crippen LogP contribution in [0.3, 0.4) is 0 Å². The molecule has 0 fully saturated rings. The van der Waals surface area contributed by atoms with E-state index >= 15 is 0 Å². The fourth-order valence-electron chi connectivity index (χ4n) is 2.40. The molecule has 4 heterocycles. The maximum Gasteiger partial charge on any atom is 0.277 e. The van der Waals surface area contributed by atoms with Gasteiger partial charge in [0.1, 0.15) is 4.88 Å². The van der Waals surface area contributed by atoms with Crippen LogP contribution in [0.1, 0.15) is 22.1 Å². The molecule has 0 aliphatic rings. The van der Waals surface area contributed by atoms with Crippen molar-refractivity contribution in [3.8, 4) is 10.8 Å². The minimum absolute atomic E-state index is 0.0682. The van der Waals surface area contributed by atoms with E-state index in [0.29, 0.717) is 27.5 Å². The SMILES string of the molecule is Cc1nc(C)c(-c2nnc(SCc3cc(=O)n4c(C)csc4n3)o2)s1. The van der Waals surface area contributed by atoms with Gasteiger partial charge in [-0.25, -0.2) is 9.97 Å². The van der Waals surface area contributed by atoms with Gasteiger partial charge in [-0.2, -0.15) is 0 Å². The van der Waals surface area contributed by atoms with Crippen LogP contribution in [-0.2, 0) is 5.75 Å². The van der Waals surface area contributed by atoms with Crippen LogP contribution >= 0.6 is 34.4 Å². The topological polar surface area (TPSA) is 86.2 Å². The van der Waals surface area contributed by atoms with E-state index in [0.717, 1.165) is 21.3 Å². The Bertz CT molecular complexity index is 1120. The number of nitrogens with zero attached hydrogens (tertiary/aromatic N) is 5. The minimum atomic E-state index is -0.0682. The highest BCUT2D eigenvalue weighted by molar-refractivity contribution is 7.98. The number of aromatic nitrogens is 5. The van der Waals surface area contributed by atoms with E-state index in [9.17, 15) is 4.79 Å². The molecule has 10 heteroatoms. The lowest BCUT2D eigenvalue weighted by Crippen LogP contribution is -2.14. The predicted molar refractivity (Wildman–Crippen MR) is 98.5 cm³/mol. The Morgan fingerprint density at radius 3 is 2.84 bits per heavy atom. The molecule has 0 bridgehead atoms. The highest BCUT2D eigenvalue weighted by atomic mass is 32.2. The van der Waals surface area contributed by atoms with E-state index in [4.69, 9.17) is 4.42 Å². The van der Waals surface area contributed by atoms with Crippen molar-refractivity contribution in [2.45, 2.75) is 31.7 Å². The lowest BCUT2D eigenvalue weighted by molar-refractivity contribution is 0.466. The van der Waals surface area contributed by atoms with E-state index in [1.165, 1.54) is 34.4 Å². The molecule has 4 rings (SSSR count). The first-order valence-corrected chi connectivity index (χ1v) is 10.1. The summed E-state index contributed by atoms with van der Waals surface area (Å²) in [4.78, 5) is 22.7. The normalized spacial score (nSPS) is 11.5. The van der Waals surface area contributed by atoms with Crippen molar-refractivity contribution in [1.29, 1.82) is 0 Å². The number of fused-ring (bicyclic) bond motifs is 1. The summed E-state index contributed by atoms with van der Waals surface area (Å²) in [5, 5.41) is 11.5. The first kappa shape index (κ1) is 16.4. The molecule has 0 aromatic carbocycles. The zero-order chi connectivity index (χ0) is 17.6. The van der Waals surface area contributed by atoms with Gasteiger partial charge in [-0.1, -0.05) is 11.8 Å². The number of hydrogen-bond donors (Lipinski definition) is 0. The summed E-state index contributed by atoms with van der Waals surface area (Å²) in [6, 6.07) is 1.55. The molecular weight excluding hydrogens is 378 g/mol. The fraction of sp³-hybridized carbons (Fsp3) is 0.267. The molecule has 4 aromatic heterocycles. The van der Waals surface area contributed by atoms with Crippen LogP contribution in [0.5, 0.6) is 0 Å². The monoisotopic (exact) mass is 391 g/mol. The Labute approximate surface area is 154 Å². The summed E-state index contributed by atoms with van der Waals surface area (Å²) < 4.78 is 7.32. The molecule has 7 nitrogen and oxygen atoms in total. The zero-order valence-corrected chi connectivity index (χ0v) is 16.1. The van der Waals surface area contributed by atoms with Gasteiger partial charge in [-0.15, -0.1) is 32.9 Å². The Morgan fingerprint density at radius 1 is 1.24 bits per heavy atom. The van der Waals surface area contributed by atoms with Gasteiger partial charge >= 0.3 is 0 Å². The fourth-order valence-corrected chi connectivity index (χ4v) is 4.79. The Morgan fingerprint density at radius 2 is 2.08 bits per heavy atom. The van der Waals surface area contributed by atoms with Crippen molar-refractivity contribution in [2.24, 2.45) is 0 Å². The van der Waals surface area contributed by atoms with Crippen molar-refractivity contribution >= 4 is 39.4 Å².